The first-order valence-corrected chi connectivity index (χ1v) is 6.70. The largest absolute Gasteiger partial charge is 0.497 e. The number of aryl methyl sites for hydroxylation is 1. The fourth-order valence-electron chi connectivity index (χ4n) is 2.28. The first-order valence-electron chi connectivity index (χ1n) is 6.70. The van der Waals surface area contributed by atoms with E-state index < -0.39 is 0 Å². The van der Waals surface area contributed by atoms with Gasteiger partial charge in [0.15, 0.2) is 0 Å². The molecule has 0 spiro atoms. The van der Waals surface area contributed by atoms with Crippen LogP contribution in [0.5, 0.6) is 11.5 Å². The van der Waals surface area contributed by atoms with Crippen molar-refractivity contribution >= 4 is 0 Å². The van der Waals surface area contributed by atoms with Gasteiger partial charge in [0.2, 0.25) is 0 Å². The molecule has 1 unspecified atom stereocenters. The molecule has 2 N–H and O–H groups in total. The van der Waals surface area contributed by atoms with Gasteiger partial charge < -0.3 is 19.8 Å². The van der Waals surface area contributed by atoms with Crippen LogP contribution in [-0.4, -0.2) is 18.8 Å². The zero-order valence-electron chi connectivity index (χ0n) is 12.5. The van der Waals surface area contributed by atoms with Gasteiger partial charge in [-0.2, -0.15) is 0 Å². The predicted molar refractivity (Wildman–Crippen MR) is 81.9 cm³/mol. The van der Waals surface area contributed by atoms with Gasteiger partial charge in [-0.05, 0) is 19.1 Å². The molecule has 0 bridgehead atoms. The normalized spacial score (nSPS) is 12.0. The summed E-state index contributed by atoms with van der Waals surface area (Å²) in [7, 11) is 3.19. The minimum Gasteiger partial charge on any atom is -0.497 e. The Morgan fingerprint density at radius 3 is 2.57 bits per heavy atom. The van der Waals surface area contributed by atoms with Crippen molar-refractivity contribution in [3.8, 4) is 11.5 Å². The number of ether oxygens (including phenoxy) is 2. The molecule has 0 fully saturated rings. The summed E-state index contributed by atoms with van der Waals surface area (Å²) in [6.45, 7) is 2.29. The molecule has 0 saturated heterocycles. The topological polar surface area (TPSA) is 66.5 Å². The third-order valence-electron chi connectivity index (χ3n) is 3.49. The van der Waals surface area contributed by atoms with Crippen molar-refractivity contribution in [2.75, 3.05) is 14.2 Å². The summed E-state index contributed by atoms with van der Waals surface area (Å²) in [6, 6.07) is 10.3. The van der Waals surface area contributed by atoms with E-state index in [-0.39, 0.29) is 11.6 Å². The average molecular weight is 288 g/mol. The SMILES string of the molecule is COc1ccc(C(N)Cn2c(C)cccc2=O)c(OC)c1. The molecule has 0 aliphatic carbocycles. The van der Waals surface area contributed by atoms with E-state index >= 15 is 0 Å². The summed E-state index contributed by atoms with van der Waals surface area (Å²) in [5.41, 5.74) is 7.92. The molecule has 1 aromatic heterocycles. The maximum Gasteiger partial charge on any atom is 0.250 e. The lowest BCUT2D eigenvalue weighted by atomic mass is 10.1. The number of hydrogen-bond donors (Lipinski definition) is 1. The predicted octanol–water partition coefficient (Wildman–Crippen LogP) is 1.87. The summed E-state index contributed by atoms with van der Waals surface area (Å²) in [6.07, 6.45) is 0. The van der Waals surface area contributed by atoms with Gasteiger partial charge in [0.1, 0.15) is 11.5 Å². The standard InChI is InChI=1S/C16H20N2O3/c1-11-5-4-6-16(19)18(11)10-14(17)13-8-7-12(20-2)9-15(13)21-3/h4-9,14H,10,17H2,1-3H3. The minimum absolute atomic E-state index is 0.0575. The number of rotatable bonds is 5. The Morgan fingerprint density at radius 1 is 1.19 bits per heavy atom. The smallest absolute Gasteiger partial charge is 0.250 e. The zero-order chi connectivity index (χ0) is 15.4. The van der Waals surface area contributed by atoms with E-state index in [4.69, 9.17) is 15.2 Å². The molecular weight excluding hydrogens is 268 g/mol. The van der Waals surface area contributed by atoms with Gasteiger partial charge in [-0.1, -0.05) is 12.1 Å². The number of nitrogens with zero attached hydrogens (tertiary/aromatic N) is 1. The second kappa shape index (κ2) is 6.45. The highest BCUT2D eigenvalue weighted by molar-refractivity contribution is 5.42. The van der Waals surface area contributed by atoms with Gasteiger partial charge in [0.05, 0.1) is 20.3 Å². The number of nitrogens with two attached hydrogens (primary N) is 1. The molecule has 5 heteroatoms. The summed E-state index contributed by atoms with van der Waals surface area (Å²) in [5.74, 6) is 1.36. The third-order valence-corrected chi connectivity index (χ3v) is 3.49. The van der Waals surface area contributed by atoms with Crippen molar-refractivity contribution in [1.29, 1.82) is 0 Å². The van der Waals surface area contributed by atoms with Gasteiger partial charge in [0, 0.05) is 29.9 Å². The number of pyridine rings is 1. The fraction of sp³-hybridized carbons (Fsp3) is 0.312. The Labute approximate surface area is 123 Å². The van der Waals surface area contributed by atoms with Crippen LogP contribution >= 0.6 is 0 Å². The van der Waals surface area contributed by atoms with Gasteiger partial charge in [0.25, 0.3) is 5.56 Å². The maximum absolute atomic E-state index is 11.9. The van der Waals surface area contributed by atoms with E-state index in [9.17, 15) is 4.79 Å². The van der Waals surface area contributed by atoms with Crippen LogP contribution in [0.1, 0.15) is 17.3 Å². The van der Waals surface area contributed by atoms with Crippen LogP contribution in [0.4, 0.5) is 0 Å². The van der Waals surface area contributed by atoms with Gasteiger partial charge in [-0.25, -0.2) is 0 Å². The number of benzene rings is 1. The Bertz CT molecular complexity index is 679. The summed E-state index contributed by atoms with van der Waals surface area (Å²) >= 11 is 0. The van der Waals surface area contributed by atoms with Crippen molar-refractivity contribution < 1.29 is 9.47 Å². The van der Waals surface area contributed by atoms with Crippen molar-refractivity contribution in [2.24, 2.45) is 5.73 Å². The van der Waals surface area contributed by atoms with Crippen molar-refractivity contribution in [3.63, 3.8) is 0 Å². The average Bonchev–Trinajstić information content (AvgIpc) is 2.50. The van der Waals surface area contributed by atoms with E-state index in [1.807, 2.05) is 25.1 Å². The molecule has 21 heavy (non-hydrogen) atoms. The van der Waals surface area contributed by atoms with Crippen molar-refractivity contribution in [1.82, 2.24) is 4.57 Å². The van der Waals surface area contributed by atoms with E-state index in [2.05, 4.69) is 0 Å². The van der Waals surface area contributed by atoms with E-state index in [1.165, 1.54) is 6.07 Å². The molecule has 0 amide bonds. The molecule has 1 heterocycles. The van der Waals surface area contributed by atoms with Gasteiger partial charge in [-0.15, -0.1) is 0 Å². The van der Waals surface area contributed by atoms with Crippen LogP contribution in [0, 0.1) is 6.92 Å². The first-order chi connectivity index (χ1) is 10.1. The van der Waals surface area contributed by atoms with Crippen LogP contribution in [0.2, 0.25) is 0 Å². The lowest BCUT2D eigenvalue weighted by Gasteiger charge is -2.19. The van der Waals surface area contributed by atoms with Crippen molar-refractivity contribution in [2.45, 2.75) is 19.5 Å². The monoisotopic (exact) mass is 288 g/mol. The van der Waals surface area contributed by atoms with Gasteiger partial charge >= 0.3 is 0 Å². The molecule has 1 aromatic carbocycles. The molecule has 1 atom stereocenters. The summed E-state index contributed by atoms with van der Waals surface area (Å²) in [4.78, 5) is 11.9. The van der Waals surface area contributed by atoms with Gasteiger partial charge in [-0.3, -0.25) is 4.79 Å². The number of hydrogen-bond acceptors (Lipinski definition) is 4. The molecular formula is C16H20N2O3. The highest BCUT2D eigenvalue weighted by atomic mass is 16.5. The van der Waals surface area contributed by atoms with E-state index in [0.717, 1.165) is 11.3 Å². The molecule has 0 saturated carbocycles. The number of methoxy groups -OCH3 is 2. The molecule has 2 rings (SSSR count). The summed E-state index contributed by atoms with van der Waals surface area (Å²) in [5, 5.41) is 0. The fourth-order valence-corrected chi connectivity index (χ4v) is 2.28. The van der Waals surface area contributed by atoms with Crippen LogP contribution in [-0.2, 0) is 6.54 Å². The highest BCUT2D eigenvalue weighted by Crippen LogP contribution is 2.29. The van der Waals surface area contributed by atoms with E-state index in [0.29, 0.717) is 18.0 Å². The minimum atomic E-state index is -0.343. The Balaban J connectivity index is 2.32. The molecule has 5 nitrogen and oxygen atoms in total. The number of aromatic nitrogens is 1. The first kappa shape index (κ1) is 15.1. The lowest BCUT2D eigenvalue weighted by Crippen LogP contribution is -2.27. The second-order valence-corrected chi connectivity index (χ2v) is 4.83. The second-order valence-electron chi connectivity index (χ2n) is 4.83. The summed E-state index contributed by atoms with van der Waals surface area (Å²) < 4.78 is 12.2. The van der Waals surface area contributed by atoms with Crippen LogP contribution in [0.3, 0.4) is 0 Å². The molecule has 0 aliphatic rings. The zero-order valence-corrected chi connectivity index (χ0v) is 12.5. The van der Waals surface area contributed by atoms with Crippen LogP contribution in [0.25, 0.3) is 0 Å². The lowest BCUT2D eigenvalue weighted by molar-refractivity contribution is 0.385. The molecule has 0 aliphatic heterocycles. The Kier molecular flexibility index (Phi) is 4.65. The third kappa shape index (κ3) is 3.25. The van der Waals surface area contributed by atoms with Crippen LogP contribution in [0.15, 0.2) is 41.2 Å². The van der Waals surface area contributed by atoms with Crippen molar-refractivity contribution in [3.05, 3.63) is 58.0 Å². The Hall–Kier alpha value is -2.27. The Morgan fingerprint density at radius 2 is 1.95 bits per heavy atom. The van der Waals surface area contributed by atoms with Crippen LogP contribution < -0.4 is 20.8 Å². The van der Waals surface area contributed by atoms with E-state index in [1.54, 1.807) is 30.9 Å². The molecule has 112 valence electrons. The highest BCUT2D eigenvalue weighted by Gasteiger charge is 2.14. The molecule has 2 aromatic rings. The maximum atomic E-state index is 11.9. The molecule has 0 radical (unpaired) electrons. The quantitative estimate of drug-likeness (QED) is 0.912.